The van der Waals surface area contributed by atoms with E-state index in [2.05, 4.69) is 71.7 Å². The van der Waals surface area contributed by atoms with Gasteiger partial charge in [-0.3, -0.25) is 0 Å². The summed E-state index contributed by atoms with van der Waals surface area (Å²) < 4.78 is 4.89. The molecule has 6 rings (SSSR count). The second-order valence-corrected chi connectivity index (χ2v) is 10.0. The van der Waals surface area contributed by atoms with Crippen LogP contribution in [0, 0.1) is 0 Å². The Bertz CT molecular complexity index is 1530. The van der Waals surface area contributed by atoms with Crippen LogP contribution in [0.5, 0.6) is 0 Å². The summed E-state index contributed by atoms with van der Waals surface area (Å²) in [4.78, 5) is 11.9. The Morgan fingerprint density at radius 2 is 2.03 bits per heavy atom. The lowest BCUT2D eigenvalue weighted by molar-refractivity contribution is 0.0697. The summed E-state index contributed by atoms with van der Waals surface area (Å²) in [6.07, 6.45) is 14.6. The SMILES string of the molecule is CC/C=C(/C)c1cn2c3c(cccc13)-c1c(C3CC=CCC3)c3ccc(C(=O)O)cc3n1CCC2. The zero-order chi connectivity index (χ0) is 24.1. The molecule has 0 bridgehead atoms. The predicted molar refractivity (Wildman–Crippen MR) is 144 cm³/mol. The average molecular weight is 465 g/mol. The first kappa shape index (κ1) is 22.0. The van der Waals surface area contributed by atoms with E-state index in [9.17, 15) is 9.90 Å². The zero-order valence-corrected chi connectivity index (χ0v) is 20.6. The van der Waals surface area contributed by atoms with Gasteiger partial charge in [0.1, 0.15) is 0 Å². The molecule has 2 aromatic heterocycles. The molecule has 2 aliphatic rings. The maximum Gasteiger partial charge on any atom is 0.335 e. The van der Waals surface area contributed by atoms with E-state index in [1.165, 1.54) is 44.2 Å². The lowest BCUT2D eigenvalue weighted by Gasteiger charge is -2.23. The standard InChI is InChI=1S/C31H32N2O2/c1-3-9-20(2)26-19-32-16-8-17-33-27-18-22(31(34)35)14-15-24(27)28(21-10-5-4-6-11-21)30(33)25-13-7-12-23(26)29(25)32/h4-5,7,9,12-15,18-19,21H,3,6,8,10-11,16-17H2,1-2H3,(H,34,35)/b20-9-. The van der Waals surface area contributed by atoms with E-state index >= 15 is 0 Å². The number of para-hydroxylation sites is 1. The summed E-state index contributed by atoms with van der Waals surface area (Å²) in [5.41, 5.74) is 9.34. The van der Waals surface area contributed by atoms with Crippen LogP contribution in [-0.4, -0.2) is 20.2 Å². The third kappa shape index (κ3) is 3.46. The van der Waals surface area contributed by atoms with Crippen molar-refractivity contribution in [1.29, 1.82) is 0 Å². The van der Waals surface area contributed by atoms with Crippen LogP contribution >= 0.6 is 0 Å². The van der Waals surface area contributed by atoms with Crippen LogP contribution in [0.2, 0.25) is 0 Å². The second-order valence-electron chi connectivity index (χ2n) is 10.0. The molecular weight excluding hydrogens is 432 g/mol. The topological polar surface area (TPSA) is 47.2 Å². The first-order valence-corrected chi connectivity index (χ1v) is 12.9. The molecule has 0 saturated carbocycles. The largest absolute Gasteiger partial charge is 0.478 e. The fraction of sp³-hybridized carbons (Fsp3) is 0.323. The van der Waals surface area contributed by atoms with Gasteiger partial charge in [-0.2, -0.15) is 0 Å². The van der Waals surface area contributed by atoms with Crippen LogP contribution in [0.1, 0.15) is 73.4 Å². The van der Waals surface area contributed by atoms with Crippen LogP contribution in [0.3, 0.4) is 0 Å². The molecule has 4 aromatic rings. The van der Waals surface area contributed by atoms with E-state index in [0.717, 1.165) is 50.7 Å². The number of nitrogens with zero attached hydrogens (tertiary/aromatic N) is 2. The third-order valence-electron chi connectivity index (χ3n) is 7.90. The highest BCUT2D eigenvalue weighted by atomic mass is 16.4. The van der Waals surface area contributed by atoms with Gasteiger partial charge in [0.25, 0.3) is 0 Å². The normalized spacial score (nSPS) is 18.0. The molecule has 35 heavy (non-hydrogen) atoms. The molecule has 0 radical (unpaired) electrons. The molecule has 0 amide bonds. The van der Waals surface area contributed by atoms with Crippen molar-refractivity contribution in [1.82, 2.24) is 9.13 Å². The van der Waals surface area contributed by atoms with Crippen LogP contribution < -0.4 is 0 Å². The van der Waals surface area contributed by atoms with Gasteiger partial charge in [0.15, 0.2) is 0 Å². The van der Waals surface area contributed by atoms with Crippen molar-refractivity contribution in [3.8, 4) is 11.3 Å². The van der Waals surface area contributed by atoms with E-state index in [1.54, 1.807) is 6.07 Å². The Hall–Kier alpha value is -3.53. The quantitative estimate of drug-likeness (QED) is 0.311. The second kappa shape index (κ2) is 8.60. The smallest absolute Gasteiger partial charge is 0.335 e. The number of hydrogen-bond acceptors (Lipinski definition) is 1. The number of carboxylic acids is 1. The molecule has 0 saturated heterocycles. The van der Waals surface area contributed by atoms with Crippen molar-refractivity contribution >= 4 is 33.3 Å². The minimum atomic E-state index is -0.866. The number of aryl methyl sites for hydroxylation is 2. The fourth-order valence-electron chi connectivity index (χ4n) is 6.36. The summed E-state index contributed by atoms with van der Waals surface area (Å²) in [7, 11) is 0. The molecule has 1 aliphatic heterocycles. The highest BCUT2D eigenvalue weighted by Crippen LogP contribution is 2.46. The van der Waals surface area contributed by atoms with Crippen molar-refractivity contribution in [2.75, 3.05) is 0 Å². The van der Waals surface area contributed by atoms with Crippen LogP contribution in [0.4, 0.5) is 0 Å². The average Bonchev–Trinajstić information content (AvgIpc) is 3.39. The van der Waals surface area contributed by atoms with Crippen molar-refractivity contribution in [2.45, 2.75) is 65.0 Å². The molecule has 3 heterocycles. The number of fused-ring (bicyclic) bond motifs is 4. The van der Waals surface area contributed by atoms with Crippen LogP contribution in [-0.2, 0) is 13.1 Å². The zero-order valence-electron chi connectivity index (χ0n) is 20.6. The van der Waals surface area contributed by atoms with Gasteiger partial charge in [0, 0.05) is 46.7 Å². The number of benzene rings is 2. The van der Waals surface area contributed by atoms with Crippen molar-refractivity contribution in [3.63, 3.8) is 0 Å². The molecule has 4 nitrogen and oxygen atoms in total. The fourth-order valence-corrected chi connectivity index (χ4v) is 6.36. The maximum atomic E-state index is 11.9. The molecule has 178 valence electrons. The molecule has 1 atom stereocenters. The van der Waals surface area contributed by atoms with Gasteiger partial charge >= 0.3 is 5.97 Å². The Morgan fingerprint density at radius 3 is 2.80 bits per heavy atom. The Morgan fingerprint density at radius 1 is 1.14 bits per heavy atom. The molecule has 1 aliphatic carbocycles. The summed E-state index contributed by atoms with van der Waals surface area (Å²) >= 11 is 0. The Kier molecular flexibility index (Phi) is 5.40. The van der Waals surface area contributed by atoms with E-state index in [-0.39, 0.29) is 0 Å². The van der Waals surface area contributed by atoms with Crippen LogP contribution in [0.25, 0.3) is 38.6 Å². The highest BCUT2D eigenvalue weighted by Gasteiger charge is 2.29. The summed E-state index contributed by atoms with van der Waals surface area (Å²) in [6, 6.07) is 12.5. The van der Waals surface area contributed by atoms with Gasteiger partial charge in [-0.15, -0.1) is 0 Å². The van der Waals surface area contributed by atoms with Gasteiger partial charge < -0.3 is 14.2 Å². The number of hydrogen-bond donors (Lipinski definition) is 1. The van der Waals surface area contributed by atoms with Gasteiger partial charge in [-0.25, -0.2) is 4.79 Å². The van der Waals surface area contributed by atoms with Crippen molar-refractivity contribution in [3.05, 3.63) is 77.5 Å². The molecule has 2 aromatic carbocycles. The van der Waals surface area contributed by atoms with Crippen molar-refractivity contribution < 1.29 is 9.90 Å². The lowest BCUT2D eigenvalue weighted by atomic mass is 9.84. The number of rotatable bonds is 4. The van der Waals surface area contributed by atoms with Crippen molar-refractivity contribution in [2.24, 2.45) is 0 Å². The first-order chi connectivity index (χ1) is 17.1. The van der Waals surface area contributed by atoms with Gasteiger partial charge in [-0.05, 0) is 68.2 Å². The summed E-state index contributed by atoms with van der Waals surface area (Å²) in [5.74, 6) is -0.428. The number of carbonyl (C=O) groups is 1. The van der Waals surface area contributed by atoms with E-state index < -0.39 is 5.97 Å². The Labute approximate surface area is 206 Å². The summed E-state index contributed by atoms with van der Waals surface area (Å²) in [6.45, 7) is 6.24. The number of carboxylic acid groups (broad SMARTS) is 1. The first-order valence-electron chi connectivity index (χ1n) is 12.9. The van der Waals surface area contributed by atoms with Gasteiger partial charge in [-0.1, -0.05) is 49.4 Å². The van der Waals surface area contributed by atoms with Crippen LogP contribution in [0.15, 0.2) is 60.8 Å². The predicted octanol–water partition coefficient (Wildman–Crippen LogP) is 8.00. The summed E-state index contributed by atoms with van der Waals surface area (Å²) in [5, 5.41) is 12.3. The number of aromatic carboxylic acids is 1. The van der Waals surface area contributed by atoms with Gasteiger partial charge in [0.05, 0.1) is 16.8 Å². The number of allylic oxidation sites excluding steroid dienone is 4. The monoisotopic (exact) mass is 464 g/mol. The van der Waals surface area contributed by atoms with E-state index in [1.807, 2.05) is 6.07 Å². The number of aromatic nitrogens is 2. The van der Waals surface area contributed by atoms with E-state index in [0.29, 0.717) is 11.5 Å². The molecule has 4 heteroatoms. The molecule has 0 spiro atoms. The highest BCUT2D eigenvalue weighted by molar-refractivity contribution is 6.05. The molecule has 1 N–H and O–H groups in total. The Balaban J connectivity index is 1.71. The molecular formula is C31H32N2O2. The maximum absolute atomic E-state index is 11.9. The van der Waals surface area contributed by atoms with Gasteiger partial charge in [0.2, 0.25) is 0 Å². The lowest BCUT2D eigenvalue weighted by Crippen LogP contribution is -2.11. The minimum Gasteiger partial charge on any atom is -0.478 e. The molecule has 1 unspecified atom stereocenters. The minimum absolute atomic E-state index is 0.360. The third-order valence-corrected chi connectivity index (χ3v) is 7.90. The van der Waals surface area contributed by atoms with E-state index in [4.69, 9.17) is 0 Å². The molecule has 0 fully saturated rings.